The number of carboxylic acid groups (broad SMARTS) is 1. The van der Waals surface area contributed by atoms with Crippen LogP contribution < -0.4 is 0 Å². The molecule has 1 unspecified atom stereocenters. The Morgan fingerprint density at radius 3 is 2.35 bits per heavy atom. The van der Waals surface area contributed by atoms with E-state index in [1.54, 1.807) is 19.1 Å². The van der Waals surface area contributed by atoms with Crippen molar-refractivity contribution in [2.45, 2.75) is 52.1 Å². The number of carbonyl (C=O) groups is 3. The second-order valence-electron chi connectivity index (χ2n) is 6.08. The van der Waals surface area contributed by atoms with Gasteiger partial charge >= 0.3 is 17.9 Å². The fourth-order valence-electron chi connectivity index (χ4n) is 2.34. The summed E-state index contributed by atoms with van der Waals surface area (Å²) in [6, 6.07) is 5.87. The average molecular weight is 362 g/mol. The van der Waals surface area contributed by atoms with Crippen molar-refractivity contribution >= 4 is 17.9 Å². The van der Waals surface area contributed by atoms with E-state index in [-0.39, 0.29) is 23.8 Å². The lowest BCUT2D eigenvalue weighted by Crippen LogP contribution is -2.22. The molecule has 6 nitrogen and oxygen atoms in total. The molecule has 1 rings (SSSR count). The molecular weight excluding hydrogens is 336 g/mol. The highest BCUT2D eigenvalue weighted by molar-refractivity contribution is 6.02. The summed E-state index contributed by atoms with van der Waals surface area (Å²) in [5, 5.41) is 9.13. The van der Waals surface area contributed by atoms with Crippen molar-refractivity contribution in [3.05, 3.63) is 47.5 Å². The fraction of sp³-hybridized carbons (Fsp3) is 0.450. The highest BCUT2D eigenvalue weighted by Crippen LogP contribution is 2.14. The Morgan fingerprint density at radius 1 is 1.12 bits per heavy atom. The van der Waals surface area contributed by atoms with Gasteiger partial charge in [-0.15, -0.1) is 0 Å². The molecule has 1 aromatic carbocycles. The van der Waals surface area contributed by atoms with Crippen LogP contribution in [-0.4, -0.2) is 35.7 Å². The molecule has 0 amide bonds. The summed E-state index contributed by atoms with van der Waals surface area (Å²) in [4.78, 5) is 35.0. The van der Waals surface area contributed by atoms with Gasteiger partial charge in [0.25, 0.3) is 0 Å². The first-order valence-electron chi connectivity index (χ1n) is 8.72. The van der Waals surface area contributed by atoms with E-state index in [1.165, 1.54) is 12.1 Å². The zero-order chi connectivity index (χ0) is 19.5. The minimum absolute atomic E-state index is 0.00136. The summed E-state index contributed by atoms with van der Waals surface area (Å²) in [6.07, 6.45) is 3.63. The van der Waals surface area contributed by atoms with Crippen LogP contribution in [0.5, 0.6) is 0 Å². The second-order valence-corrected chi connectivity index (χ2v) is 6.08. The summed E-state index contributed by atoms with van der Waals surface area (Å²) in [6.45, 7) is 7.26. The number of hydrogen-bond acceptors (Lipinski definition) is 5. The van der Waals surface area contributed by atoms with E-state index in [0.717, 1.165) is 19.3 Å². The predicted octanol–water partition coefficient (Wildman–Crippen LogP) is 4.00. The third-order valence-electron chi connectivity index (χ3n) is 3.80. The number of hydrogen-bond donors (Lipinski definition) is 1. The van der Waals surface area contributed by atoms with Gasteiger partial charge in [-0.05, 0) is 31.9 Å². The van der Waals surface area contributed by atoms with Gasteiger partial charge in [0, 0.05) is 12.0 Å². The number of esters is 2. The Labute approximate surface area is 153 Å². The van der Waals surface area contributed by atoms with Gasteiger partial charge in [0.1, 0.15) is 6.10 Å². The molecule has 1 aromatic rings. The molecule has 0 spiro atoms. The van der Waals surface area contributed by atoms with E-state index in [2.05, 4.69) is 13.5 Å². The highest BCUT2D eigenvalue weighted by atomic mass is 16.6. The van der Waals surface area contributed by atoms with Crippen LogP contribution in [0.15, 0.2) is 36.4 Å². The van der Waals surface area contributed by atoms with Gasteiger partial charge in [-0.25, -0.2) is 14.4 Å². The lowest BCUT2D eigenvalue weighted by Gasteiger charge is -2.18. The molecular formula is C20H26O6. The molecule has 0 aromatic heterocycles. The minimum Gasteiger partial charge on any atom is -0.478 e. The van der Waals surface area contributed by atoms with Crippen molar-refractivity contribution in [2.24, 2.45) is 0 Å². The Hall–Kier alpha value is -2.63. The standard InChI is InChI=1S/C20H26O6/c1-4-5-6-9-15(26-19(23)14(2)3)12-13-25-20(24)17-11-8-7-10-16(17)18(21)22/h7-8,10-11,15H,2,4-6,9,12-13H2,1,3H3,(H,21,22). The third-order valence-corrected chi connectivity index (χ3v) is 3.80. The number of ether oxygens (including phenoxy) is 2. The zero-order valence-electron chi connectivity index (χ0n) is 15.3. The molecule has 0 saturated heterocycles. The molecule has 0 saturated carbocycles. The molecule has 1 N–H and O–H groups in total. The Morgan fingerprint density at radius 2 is 1.77 bits per heavy atom. The van der Waals surface area contributed by atoms with Crippen molar-refractivity contribution in [1.29, 1.82) is 0 Å². The lowest BCUT2D eigenvalue weighted by molar-refractivity contribution is -0.145. The molecule has 0 bridgehead atoms. The van der Waals surface area contributed by atoms with Crippen molar-refractivity contribution in [3.8, 4) is 0 Å². The maximum absolute atomic E-state index is 12.1. The number of unbranched alkanes of at least 4 members (excludes halogenated alkanes) is 2. The highest BCUT2D eigenvalue weighted by Gasteiger charge is 2.19. The predicted molar refractivity (Wildman–Crippen MR) is 97.1 cm³/mol. The smallest absolute Gasteiger partial charge is 0.339 e. The van der Waals surface area contributed by atoms with Crippen molar-refractivity contribution in [3.63, 3.8) is 0 Å². The van der Waals surface area contributed by atoms with Crippen LogP contribution in [0.4, 0.5) is 0 Å². The number of rotatable bonds is 11. The average Bonchev–Trinajstić information content (AvgIpc) is 2.61. The molecule has 6 heteroatoms. The second kappa shape index (κ2) is 11.1. The van der Waals surface area contributed by atoms with Gasteiger partial charge in [-0.2, -0.15) is 0 Å². The van der Waals surface area contributed by atoms with Gasteiger partial charge < -0.3 is 14.6 Å². The van der Waals surface area contributed by atoms with E-state index in [4.69, 9.17) is 14.6 Å². The molecule has 0 aliphatic rings. The lowest BCUT2D eigenvalue weighted by atomic mass is 10.1. The summed E-state index contributed by atoms with van der Waals surface area (Å²) in [5.74, 6) is -2.36. The van der Waals surface area contributed by atoms with Gasteiger partial charge in [-0.1, -0.05) is 38.5 Å². The first-order valence-corrected chi connectivity index (χ1v) is 8.72. The van der Waals surface area contributed by atoms with E-state index in [9.17, 15) is 14.4 Å². The van der Waals surface area contributed by atoms with E-state index >= 15 is 0 Å². The van der Waals surface area contributed by atoms with Crippen molar-refractivity contribution in [2.75, 3.05) is 6.61 Å². The Bertz CT molecular complexity index is 649. The molecule has 142 valence electrons. The summed E-state index contributed by atoms with van der Waals surface area (Å²) in [7, 11) is 0. The minimum atomic E-state index is -1.19. The maximum Gasteiger partial charge on any atom is 0.339 e. The normalized spacial score (nSPS) is 11.5. The first kappa shape index (κ1) is 21.4. The molecule has 0 fully saturated rings. The molecule has 0 heterocycles. The van der Waals surface area contributed by atoms with Crippen LogP contribution in [0.2, 0.25) is 0 Å². The molecule has 0 aliphatic heterocycles. The Balaban J connectivity index is 2.62. The number of aromatic carboxylic acids is 1. The van der Waals surface area contributed by atoms with E-state index in [1.807, 2.05) is 0 Å². The fourth-order valence-corrected chi connectivity index (χ4v) is 2.34. The van der Waals surface area contributed by atoms with Crippen LogP contribution in [0, 0.1) is 0 Å². The van der Waals surface area contributed by atoms with Crippen LogP contribution in [0.1, 0.15) is 66.7 Å². The van der Waals surface area contributed by atoms with Gasteiger partial charge in [0.05, 0.1) is 17.7 Å². The van der Waals surface area contributed by atoms with Crippen LogP contribution >= 0.6 is 0 Å². The van der Waals surface area contributed by atoms with Crippen LogP contribution in [0.3, 0.4) is 0 Å². The topological polar surface area (TPSA) is 89.9 Å². The third kappa shape index (κ3) is 7.09. The van der Waals surface area contributed by atoms with Crippen LogP contribution in [-0.2, 0) is 14.3 Å². The van der Waals surface area contributed by atoms with Gasteiger partial charge in [0.15, 0.2) is 0 Å². The quantitative estimate of drug-likeness (QED) is 0.363. The molecule has 26 heavy (non-hydrogen) atoms. The monoisotopic (exact) mass is 362 g/mol. The SMILES string of the molecule is C=C(C)C(=O)OC(CCCCC)CCOC(=O)c1ccccc1C(=O)O. The van der Waals surface area contributed by atoms with E-state index < -0.39 is 17.9 Å². The molecule has 1 atom stereocenters. The largest absolute Gasteiger partial charge is 0.478 e. The summed E-state index contributed by atoms with van der Waals surface area (Å²) >= 11 is 0. The van der Waals surface area contributed by atoms with Crippen LogP contribution in [0.25, 0.3) is 0 Å². The molecule has 0 radical (unpaired) electrons. The first-order chi connectivity index (χ1) is 12.4. The number of carbonyl (C=O) groups excluding carboxylic acids is 2. The number of benzene rings is 1. The molecule has 0 aliphatic carbocycles. The summed E-state index contributed by atoms with van der Waals surface area (Å²) < 4.78 is 10.6. The van der Waals surface area contributed by atoms with Crippen molar-refractivity contribution in [1.82, 2.24) is 0 Å². The van der Waals surface area contributed by atoms with E-state index in [0.29, 0.717) is 18.4 Å². The van der Waals surface area contributed by atoms with Gasteiger partial charge in [-0.3, -0.25) is 0 Å². The number of carboxylic acids is 1. The van der Waals surface area contributed by atoms with Gasteiger partial charge in [0.2, 0.25) is 0 Å². The zero-order valence-corrected chi connectivity index (χ0v) is 15.3. The summed E-state index contributed by atoms with van der Waals surface area (Å²) in [5.41, 5.74) is 0.213. The maximum atomic E-state index is 12.1. The van der Waals surface area contributed by atoms with Crippen molar-refractivity contribution < 1.29 is 29.0 Å². The Kier molecular flexibility index (Phi) is 9.12.